The molecule has 0 bridgehead atoms. The lowest BCUT2D eigenvalue weighted by atomic mass is 10.0. The smallest absolute Gasteiger partial charge is 0.265 e. The predicted molar refractivity (Wildman–Crippen MR) is 113 cm³/mol. The molecule has 1 heterocycles. The van der Waals surface area contributed by atoms with E-state index in [-0.39, 0.29) is 17.9 Å². The van der Waals surface area contributed by atoms with Crippen molar-refractivity contribution in [2.24, 2.45) is 5.92 Å². The van der Waals surface area contributed by atoms with E-state index >= 15 is 0 Å². The quantitative estimate of drug-likeness (QED) is 0.608. The van der Waals surface area contributed by atoms with Crippen molar-refractivity contribution < 1.29 is 9.59 Å². The Labute approximate surface area is 168 Å². The van der Waals surface area contributed by atoms with E-state index in [1.165, 1.54) is 16.9 Å². The zero-order valence-corrected chi connectivity index (χ0v) is 16.5. The van der Waals surface area contributed by atoms with Gasteiger partial charge in [-0.2, -0.15) is 0 Å². The van der Waals surface area contributed by atoms with Gasteiger partial charge in [-0.25, -0.2) is 0 Å². The maximum absolute atomic E-state index is 12.8. The number of hydrogen-bond donors (Lipinski definition) is 2. The second-order valence-electron chi connectivity index (χ2n) is 7.21. The van der Waals surface area contributed by atoms with Crippen LogP contribution in [0.4, 0.5) is 5.69 Å². The molecule has 28 heavy (non-hydrogen) atoms. The average Bonchev–Trinajstić information content (AvgIpc) is 3.39. The predicted octanol–water partition coefficient (Wildman–Crippen LogP) is 5.19. The molecule has 0 radical (unpaired) electrons. The molecular weight excluding hydrogens is 368 g/mol. The van der Waals surface area contributed by atoms with E-state index in [4.69, 9.17) is 0 Å². The summed E-state index contributed by atoms with van der Waals surface area (Å²) in [5.74, 6) is 0.282. The highest BCUT2D eigenvalue weighted by atomic mass is 32.1. The van der Waals surface area contributed by atoms with Crippen LogP contribution in [0.25, 0.3) is 0 Å². The third kappa shape index (κ3) is 4.31. The van der Waals surface area contributed by atoms with Crippen LogP contribution >= 0.6 is 11.3 Å². The number of nitrogens with one attached hydrogen (secondary N) is 2. The second-order valence-corrected chi connectivity index (χ2v) is 8.16. The van der Waals surface area contributed by atoms with Crippen LogP contribution in [0.1, 0.15) is 50.0 Å². The maximum atomic E-state index is 12.8. The maximum Gasteiger partial charge on any atom is 0.265 e. The summed E-state index contributed by atoms with van der Waals surface area (Å²) in [6.45, 7) is 2.06. The van der Waals surface area contributed by atoms with Crippen molar-refractivity contribution in [2.45, 2.75) is 25.8 Å². The molecular formula is C23H22N2O2S. The molecule has 2 amide bonds. The standard InChI is InChI=1S/C23H22N2O2S/c1-15-4-6-16(7-5-15)21(17-8-9-17)25-22(26)18-10-12-19(13-11-18)24-23(27)20-3-2-14-28-20/h2-7,10-14,17,21H,8-9H2,1H3,(H,24,27)(H,25,26). The highest BCUT2D eigenvalue weighted by Crippen LogP contribution is 2.41. The van der Waals surface area contributed by atoms with Gasteiger partial charge in [0.05, 0.1) is 10.9 Å². The lowest BCUT2D eigenvalue weighted by Crippen LogP contribution is -2.29. The van der Waals surface area contributed by atoms with Crippen LogP contribution in [0.15, 0.2) is 66.0 Å². The minimum Gasteiger partial charge on any atom is -0.345 e. The minimum absolute atomic E-state index is 0.0475. The van der Waals surface area contributed by atoms with Crippen LogP contribution in [0, 0.1) is 12.8 Å². The van der Waals surface area contributed by atoms with E-state index in [1.54, 1.807) is 30.3 Å². The Bertz CT molecular complexity index is 959. The summed E-state index contributed by atoms with van der Waals surface area (Å²) in [5, 5.41) is 7.91. The van der Waals surface area contributed by atoms with Gasteiger partial charge in [-0.05, 0) is 67.0 Å². The van der Waals surface area contributed by atoms with Gasteiger partial charge in [-0.15, -0.1) is 11.3 Å². The van der Waals surface area contributed by atoms with Gasteiger partial charge in [0.25, 0.3) is 11.8 Å². The zero-order chi connectivity index (χ0) is 19.5. The lowest BCUT2D eigenvalue weighted by Gasteiger charge is -2.19. The first-order valence-electron chi connectivity index (χ1n) is 9.42. The summed E-state index contributed by atoms with van der Waals surface area (Å²) in [6.07, 6.45) is 2.29. The molecule has 1 aliphatic carbocycles. The first-order chi connectivity index (χ1) is 13.6. The molecule has 0 aliphatic heterocycles. The summed E-state index contributed by atoms with van der Waals surface area (Å²) in [4.78, 5) is 25.5. The fourth-order valence-electron chi connectivity index (χ4n) is 3.21. The molecule has 2 aromatic carbocycles. The number of aryl methyl sites for hydroxylation is 1. The number of carbonyl (C=O) groups excluding carboxylic acids is 2. The monoisotopic (exact) mass is 390 g/mol. The third-order valence-corrected chi connectivity index (χ3v) is 5.84. The van der Waals surface area contributed by atoms with Crippen LogP contribution in [0.3, 0.4) is 0 Å². The Morgan fingerprint density at radius 2 is 1.68 bits per heavy atom. The molecule has 2 N–H and O–H groups in total. The molecule has 1 saturated carbocycles. The molecule has 0 saturated heterocycles. The van der Waals surface area contributed by atoms with Gasteiger partial charge in [0.1, 0.15) is 0 Å². The third-order valence-electron chi connectivity index (χ3n) is 4.97. The van der Waals surface area contributed by atoms with Crippen molar-refractivity contribution in [3.05, 3.63) is 87.6 Å². The first kappa shape index (κ1) is 18.4. The highest BCUT2D eigenvalue weighted by molar-refractivity contribution is 7.12. The van der Waals surface area contributed by atoms with Crippen LogP contribution in [-0.2, 0) is 0 Å². The summed E-state index contributed by atoms with van der Waals surface area (Å²) in [6, 6.07) is 19.1. The fourth-order valence-corrected chi connectivity index (χ4v) is 3.83. The van der Waals surface area contributed by atoms with Crippen molar-refractivity contribution in [1.82, 2.24) is 5.32 Å². The summed E-state index contributed by atoms with van der Waals surface area (Å²) < 4.78 is 0. The van der Waals surface area contributed by atoms with Crippen LogP contribution in [0.5, 0.6) is 0 Å². The SMILES string of the molecule is Cc1ccc(C(NC(=O)c2ccc(NC(=O)c3cccs3)cc2)C2CC2)cc1. The van der Waals surface area contributed by atoms with Gasteiger partial charge >= 0.3 is 0 Å². The number of amides is 2. The number of anilines is 1. The molecule has 5 heteroatoms. The van der Waals surface area contributed by atoms with Gasteiger partial charge in [0, 0.05) is 11.3 Å². The zero-order valence-electron chi connectivity index (χ0n) is 15.6. The molecule has 4 nitrogen and oxygen atoms in total. The molecule has 1 aromatic heterocycles. The van der Waals surface area contributed by atoms with Crippen LogP contribution < -0.4 is 10.6 Å². The van der Waals surface area contributed by atoms with E-state index in [0.717, 1.165) is 18.4 Å². The topological polar surface area (TPSA) is 58.2 Å². The number of thiophene rings is 1. The molecule has 1 aliphatic rings. The summed E-state index contributed by atoms with van der Waals surface area (Å²) >= 11 is 1.40. The molecule has 142 valence electrons. The molecule has 3 aromatic rings. The fraction of sp³-hybridized carbons (Fsp3) is 0.217. The Morgan fingerprint density at radius 3 is 2.29 bits per heavy atom. The Kier molecular flexibility index (Phi) is 5.26. The van der Waals surface area contributed by atoms with Crippen molar-refractivity contribution in [2.75, 3.05) is 5.32 Å². The normalized spacial score (nSPS) is 14.3. The number of carbonyl (C=O) groups is 2. The van der Waals surface area contributed by atoms with E-state index < -0.39 is 0 Å². The van der Waals surface area contributed by atoms with E-state index in [2.05, 4.69) is 41.8 Å². The summed E-state index contributed by atoms with van der Waals surface area (Å²) in [7, 11) is 0. The van der Waals surface area contributed by atoms with Crippen LogP contribution in [0.2, 0.25) is 0 Å². The Hall–Kier alpha value is -2.92. The average molecular weight is 391 g/mol. The van der Waals surface area contributed by atoms with Crippen molar-refractivity contribution in [3.8, 4) is 0 Å². The largest absolute Gasteiger partial charge is 0.345 e. The Morgan fingerprint density at radius 1 is 0.964 bits per heavy atom. The van der Waals surface area contributed by atoms with Crippen molar-refractivity contribution >= 4 is 28.8 Å². The number of benzene rings is 2. The van der Waals surface area contributed by atoms with Gasteiger partial charge < -0.3 is 10.6 Å². The van der Waals surface area contributed by atoms with E-state index in [1.807, 2.05) is 11.4 Å². The van der Waals surface area contributed by atoms with Crippen molar-refractivity contribution in [3.63, 3.8) is 0 Å². The second kappa shape index (κ2) is 7.98. The molecule has 1 unspecified atom stereocenters. The first-order valence-corrected chi connectivity index (χ1v) is 10.3. The lowest BCUT2D eigenvalue weighted by molar-refractivity contribution is 0.0931. The highest BCUT2D eigenvalue weighted by Gasteiger charge is 2.33. The van der Waals surface area contributed by atoms with Gasteiger partial charge in [0.15, 0.2) is 0 Å². The van der Waals surface area contributed by atoms with Gasteiger partial charge in [0.2, 0.25) is 0 Å². The number of rotatable bonds is 6. The molecule has 1 fully saturated rings. The van der Waals surface area contributed by atoms with Crippen molar-refractivity contribution in [1.29, 1.82) is 0 Å². The van der Waals surface area contributed by atoms with Crippen LogP contribution in [-0.4, -0.2) is 11.8 Å². The number of hydrogen-bond acceptors (Lipinski definition) is 3. The molecule has 0 spiro atoms. The Balaban J connectivity index is 1.42. The van der Waals surface area contributed by atoms with E-state index in [0.29, 0.717) is 22.0 Å². The minimum atomic E-state index is -0.139. The molecule has 4 rings (SSSR count). The van der Waals surface area contributed by atoms with Gasteiger partial charge in [-0.1, -0.05) is 35.9 Å². The summed E-state index contributed by atoms with van der Waals surface area (Å²) in [5.41, 5.74) is 3.63. The van der Waals surface area contributed by atoms with Gasteiger partial charge in [-0.3, -0.25) is 9.59 Å². The van der Waals surface area contributed by atoms with E-state index in [9.17, 15) is 9.59 Å². The molecule has 1 atom stereocenters.